The van der Waals surface area contributed by atoms with Gasteiger partial charge >= 0.3 is 0 Å². The molecule has 2 heterocycles. The zero-order valence-corrected chi connectivity index (χ0v) is 10.4. The Morgan fingerprint density at radius 2 is 2.53 bits per heavy atom. The van der Waals surface area contributed by atoms with Gasteiger partial charge < -0.3 is 4.74 Å². The van der Waals surface area contributed by atoms with Gasteiger partial charge in [0.1, 0.15) is 0 Å². The molecule has 1 aromatic heterocycles. The SMILES string of the molecule is COc1ncccc1CN1CCC(Br)C1. The molecule has 1 fully saturated rings. The molecular weight excluding hydrogens is 256 g/mol. The Hall–Kier alpha value is -0.610. The number of hydrogen-bond donors (Lipinski definition) is 0. The fourth-order valence-corrected chi connectivity index (χ4v) is 2.51. The minimum Gasteiger partial charge on any atom is -0.481 e. The summed E-state index contributed by atoms with van der Waals surface area (Å²) in [6.07, 6.45) is 2.99. The number of halogens is 1. The van der Waals surface area contributed by atoms with Gasteiger partial charge in [0.25, 0.3) is 0 Å². The molecule has 0 spiro atoms. The van der Waals surface area contributed by atoms with Gasteiger partial charge in [0.05, 0.1) is 7.11 Å². The molecule has 0 aliphatic carbocycles. The average molecular weight is 271 g/mol. The van der Waals surface area contributed by atoms with Gasteiger partial charge in [-0.1, -0.05) is 22.0 Å². The number of aromatic nitrogens is 1. The number of nitrogens with zero attached hydrogens (tertiary/aromatic N) is 2. The van der Waals surface area contributed by atoms with Crippen molar-refractivity contribution in [3.63, 3.8) is 0 Å². The number of hydrogen-bond acceptors (Lipinski definition) is 3. The van der Waals surface area contributed by atoms with E-state index in [0.717, 1.165) is 25.5 Å². The quantitative estimate of drug-likeness (QED) is 0.787. The third-order valence-corrected chi connectivity index (χ3v) is 3.40. The van der Waals surface area contributed by atoms with Gasteiger partial charge in [-0.25, -0.2) is 4.98 Å². The second-order valence-corrected chi connectivity index (χ2v) is 5.09. The van der Waals surface area contributed by atoms with Crippen molar-refractivity contribution in [2.75, 3.05) is 20.2 Å². The Morgan fingerprint density at radius 1 is 1.67 bits per heavy atom. The summed E-state index contributed by atoms with van der Waals surface area (Å²) >= 11 is 3.64. The lowest BCUT2D eigenvalue weighted by atomic mass is 10.2. The normalized spacial score (nSPS) is 21.9. The van der Waals surface area contributed by atoms with Crippen LogP contribution in [0.3, 0.4) is 0 Å². The fourth-order valence-electron chi connectivity index (χ4n) is 1.90. The highest BCUT2D eigenvalue weighted by atomic mass is 79.9. The maximum atomic E-state index is 5.23. The lowest BCUT2D eigenvalue weighted by Gasteiger charge is -2.16. The summed E-state index contributed by atoms with van der Waals surface area (Å²) in [5.41, 5.74) is 1.17. The first-order valence-electron chi connectivity index (χ1n) is 5.14. The monoisotopic (exact) mass is 270 g/mol. The maximum Gasteiger partial charge on any atom is 0.217 e. The Kier molecular flexibility index (Phi) is 3.59. The molecule has 0 radical (unpaired) electrons. The van der Waals surface area contributed by atoms with E-state index < -0.39 is 0 Å². The van der Waals surface area contributed by atoms with Crippen molar-refractivity contribution in [3.05, 3.63) is 23.9 Å². The molecule has 0 bridgehead atoms. The van der Waals surface area contributed by atoms with Crippen LogP contribution in [0.25, 0.3) is 0 Å². The first kappa shape index (κ1) is 10.9. The van der Waals surface area contributed by atoms with Crippen LogP contribution in [0.15, 0.2) is 18.3 Å². The molecule has 0 aromatic carbocycles. The van der Waals surface area contributed by atoms with Gasteiger partial charge in [-0.05, 0) is 19.0 Å². The molecule has 15 heavy (non-hydrogen) atoms. The Morgan fingerprint density at radius 3 is 3.20 bits per heavy atom. The molecular formula is C11H15BrN2O. The van der Waals surface area contributed by atoms with Crippen LogP contribution in [0, 0.1) is 0 Å². The molecule has 1 aromatic rings. The van der Waals surface area contributed by atoms with Crippen molar-refractivity contribution < 1.29 is 4.74 Å². The first-order valence-corrected chi connectivity index (χ1v) is 6.05. The third kappa shape index (κ3) is 2.69. The second-order valence-electron chi connectivity index (χ2n) is 3.79. The van der Waals surface area contributed by atoms with Crippen molar-refractivity contribution in [2.24, 2.45) is 0 Å². The van der Waals surface area contributed by atoms with Gasteiger partial charge in [0, 0.05) is 29.7 Å². The minimum absolute atomic E-state index is 0.639. The largest absolute Gasteiger partial charge is 0.481 e. The van der Waals surface area contributed by atoms with Crippen LogP contribution in [-0.2, 0) is 6.54 Å². The molecule has 2 rings (SSSR count). The highest BCUT2D eigenvalue weighted by molar-refractivity contribution is 9.09. The van der Waals surface area contributed by atoms with Crippen LogP contribution in [-0.4, -0.2) is 34.9 Å². The molecule has 1 aliphatic rings. The van der Waals surface area contributed by atoms with Crippen molar-refractivity contribution in [3.8, 4) is 5.88 Å². The first-order chi connectivity index (χ1) is 7.29. The summed E-state index contributed by atoms with van der Waals surface area (Å²) in [7, 11) is 1.67. The molecule has 3 nitrogen and oxygen atoms in total. The van der Waals surface area contributed by atoms with Crippen LogP contribution >= 0.6 is 15.9 Å². The molecule has 0 N–H and O–H groups in total. The highest BCUT2D eigenvalue weighted by Gasteiger charge is 2.20. The minimum atomic E-state index is 0.639. The van der Waals surface area contributed by atoms with Crippen LogP contribution < -0.4 is 4.74 Å². The van der Waals surface area contributed by atoms with E-state index in [9.17, 15) is 0 Å². The number of alkyl halides is 1. The number of rotatable bonds is 3. The second kappa shape index (κ2) is 4.94. The lowest BCUT2D eigenvalue weighted by Crippen LogP contribution is -2.20. The van der Waals surface area contributed by atoms with Crippen molar-refractivity contribution >= 4 is 15.9 Å². The maximum absolute atomic E-state index is 5.23. The van der Waals surface area contributed by atoms with Crippen LogP contribution in [0.2, 0.25) is 0 Å². The standard InChI is InChI=1S/C11H15BrN2O/c1-15-11-9(3-2-5-13-11)7-14-6-4-10(12)8-14/h2-3,5,10H,4,6-8H2,1H3. The number of pyridine rings is 1. The smallest absolute Gasteiger partial charge is 0.217 e. The molecule has 4 heteroatoms. The van der Waals surface area contributed by atoms with E-state index in [-0.39, 0.29) is 0 Å². The Balaban J connectivity index is 2.04. The molecule has 0 amide bonds. The molecule has 1 saturated heterocycles. The van der Waals surface area contributed by atoms with Gasteiger partial charge in [-0.15, -0.1) is 0 Å². The van der Waals surface area contributed by atoms with E-state index >= 15 is 0 Å². The van der Waals surface area contributed by atoms with Gasteiger partial charge in [0.15, 0.2) is 0 Å². The zero-order chi connectivity index (χ0) is 10.7. The summed E-state index contributed by atoms with van der Waals surface area (Å²) in [5.74, 6) is 0.746. The lowest BCUT2D eigenvalue weighted by molar-refractivity contribution is 0.318. The Bertz CT molecular complexity index is 332. The van der Waals surface area contributed by atoms with Crippen LogP contribution in [0.4, 0.5) is 0 Å². The van der Waals surface area contributed by atoms with Crippen molar-refractivity contribution in [1.82, 2.24) is 9.88 Å². The van der Waals surface area contributed by atoms with E-state index in [4.69, 9.17) is 4.74 Å². The van der Waals surface area contributed by atoms with E-state index in [1.165, 1.54) is 12.0 Å². The molecule has 0 saturated carbocycles. The topological polar surface area (TPSA) is 25.4 Å². The fraction of sp³-hybridized carbons (Fsp3) is 0.545. The molecule has 1 atom stereocenters. The summed E-state index contributed by atoms with van der Waals surface area (Å²) < 4.78 is 5.23. The number of likely N-dealkylation sites (tertiary alicyclic amines) is 1. The summed E-state index contributed by atoms with van der Waals surface area (Å²) in [6, 6.07) is 4.03. The number of ether oxygens (including phenoxy) is 1. The van der Waals surface area contributed by atoms with E-state index in [1.807, 2.05) is 6.07 Å². The van der Waals surface area contributed by atoms with Gasteiger partial charge in [0.2, 0.25) is 5.88 Å². The summed E-state index contributed by atoms with van der Waals surface area (Å²) in [6.45, 7) is 3.19. The van der Waals surface area contributed by atoms with E-state index in [1.54, 1.807) is 13.3 Å². The van der Waals surface area contributed by atoms with Crippen LogP contribution in [0.5, 0.6) is 5.88 Å². The van der Waals surface area contributed by atoms with E-state index in [2.05, 4.69) is 31.9 Å². The predicted molar refractivity (Wildman–Crippen MR) is 63.4 cm³/mol. The summed E-state index contributed by atoms with van der Waals surface area (Å²) in [4.78, 5) is 7.25. The Labute approximate surface area is 98.6 Å². The highest BCUT2D eigenvalue weighted by Crippen LogP contribution is 2.21. The predicted octanol–water partition coefficient (Wildman–Crippen LogP) is 2.06. The van der Waals surface area contributed by atoms with Crippen molar-refractivity contribution in [1.29, 1.82) is 0 Å². The van der Waals surface area contributed by atoms with E-state index in [0.29, 0.717) is 4.83 Å². The molecule has 1 unspecified atom stereocenters. The molecule has 82 valence electrons. The zero-order valence-electron chi connectivity index (χ0n) is 8.82. The van der Waals surface area contributed by atoms with Crippen molar-refractivity contribution in [2.45, 2.75) is 17.8 Å². The summed E-state index contributed by atoms with van der Waals surface area (Å²) in [5, 5.41) is 0. The van der Waals surface area contributed by atoms with Gasteiger partial charge in [-0.3, -0.25) is 4.90 Å². The molecule has 1 aliphatic heterocycles. The van der Waals surface area contributed by atoms with Gasteiger partial charge in [-0.2, -0.15) is 0 Å². The van der Waals surface area contributed by atoms with Crippen LogP contribution in [0.1, 0.15) is 12.0 Å². The third-order valence-electron chi connectivity index (χ3n) is 2.65. The number of methoxy groups -OCH3 is 1. The average Bonchev–Trinajstić information content (AvgIpc) is 2.65.